The lowest BCUT2D eigenvalue weighted by atomic mass is 10.1. The van der Waals surface area contributed by atoms with Gasteiger partial charge >= 0.3 is 0 Å². The molecule has 8 heteroatoms. The molecule has 0 atom stereocenters. The maximum absolute atomic E-state index is 13.4. The third-order valence-electron chi connectivity index (χ3n) is 5.13. The monoisotopic (exact) mass is 436 g/mol. The van der Waals surface area contributed by atoms with Crippen molar-refractivity contribution in [1.82, 2.24) is 14.9 Å². The van der Waals surface area contributed by atoms with E-state index < -0.39 is 0 Å². The number of fused-ring (bicyclic) bond motifs is 1. The molecule has 144 valence electrons. The molecule has 1 saturated heterocycles. The minimum Gasteiger partial charge on any atom is -0.378 e. The summed E-state index contributed by atoms with van der Waals surface area (Å²) in [4.78, 5) is 24.7. The van der Waals surface area contributed by atoms with Crippen molar-refractivity contribution in [3.05, 3.63) is 55.7 Å². The van der Waals surface area contributed by atoms with Gasteiger partial charge in [-0.1, -0.05) is 6.07 Å². The second-order valence-corrected chi connectivity index (χ2v) is 7.79. The first-order valence-corrected chi connectivity index (χ1v) is 10.0. The van der Waals surface area contributed by atoms with E-state index in [1.54, 1.807) is 6.07 Å². The summed E-state index contributed by atoms with van der Waals surface area (Å²) < 4.78 is 19.3. The van der Waals surface area contributed by atoms with Crippen molar-refractivity contribution < 1.29 is 9.13 Å². The molecule has 1 N–H and O–H groups in total. The zero-order valence-corrected chi connectivity index (χ0v) is 16.6. The molecule has 1 aromatic heterocycles. The molecule has 6 nitrogen and oxygen atoms in total. The van der Waals surface area contributed by atoms with E-state index in [-0.39, 0.29) is 11.4 Å². The van der Waals surface area contributed by atoms with E-state index in [0.29, 0.717) is 30.1 Å². The molecule has 0 aliphatic carbocycles. The van der Waals surface area contributed by atoms with Crippen LogP contribution >= 0.6 is 15.9 Å². The van der Waals surface area contributed by atoms with Crippen molar-refractivity contribution in [1.29, 1.82) is 0 Å². The minimum atomic E-state index is -0.256. The van der Waals surface area contributed by atoms with Gasteiger partial charge in [0.25, 0.3) is 5.56 Å². The van der Waals surface area contributed by atoms with E-state index in [4.69, 9.17) is 9.72 Å². The number of nitrogens with zero attached hydrogens (tertiary/aromatic N) is 3. The van der Waals surface area contributed by atoms with Crippen molar-refractivity contribution in [2.24, 2.45) is 0 Å². The van der Waals surface area contributed by atoms with E-state index in [2.05, 4.69) is 30.7 Å². The summed E-state index contributed by atoms with van der Waals surface area (Å²) >= 11 is 3.24. The average molecular weight is 437 g/mol. The minimum absolute atomic E-state index is 0.0344. The molecule has 0 spiro atoms. The zero-order valence-electron chi connectivity index (χ0n) is 15.0. The van der Waals surface area contributed by atoms with E-state index in [1.807, 2.05) is 6.07 Å². The van der Waals surface area contributed by atoms with E-state index in [0.717, 1.165) is 56.0 Å². The van der Waals surface area contributed by atoms with Gasteiger partial charge in [-0.15, -0.1) is 0 Å². The zero-order chi connectivity index (χ0) is 18.8. The normalized spacial score (nSPS) is 18.2. The quantitative estimate of drug-likeness (QED) is 0.798. The number of benzene rings is 1. The highest BCUT2D eigenvalue weighted by atomic mass is 79.9. The molecular weight excluding hydrogens is 415 g/mol. The van der Waals surface area contributed by atoms with Crippen LogP contribution in [0.25, 0.3) is 0 Å². The van der Waals surface area contributed by atoms with Gasteiger partial charge in [0.15, 0.2) is 0 Å². The first kappa shape index (κ1) is 18.6. The number of halogens is 2. The van der Waals surface area contributed by atoms with Crippen molar-refractivity contribution in [3.8, 4) is 0 Å². The van der Waals surface area contributed by atoms with E-state index in [1.165, 1.54) is 6.07 Å². The van der Waals surface area contributed by atoms with Crippen molar-refractivity contribution >= 4 is 21.9 Å². The average Bonchev–Trinajstić information content (AvgIpc) is 2.88. The molecule has 0 bridgehead atoms. The Morgan fingerprint density at radius 1 is 1.19 bits per heavy atom. The summed E-state index contributed by atoms with van der Waals surface area (Å²) in [5.74, 6) is 0.395. The fraction of sp³-hybridized carbons (Fsp3) is 0.474. The third-order valence-corrected chi connectivity index (χ3v) is 5.74. The van der Waals surface area contributed by atoms with Gasteiger partial charge in [0.05, 0.1) is 23.4 Å². The van der Waals surface area contributed by atoms with Crippen LogP contribution in [0.1, 0.15) is 16.8 Å². The second kappa shape index (κ2) is 8.08. The molecule has 0 amide bonds. The van der Waals surface area contributed by atoms with Gasteiger partial charge < -0.3 is 9.64 Å². The van der Waals surface area contributed by atoms with Crippen molar-refractivity contribution in [2.45, 2.75) is 19.4 Å². The SMILES string of the molecule is O=c1[nH]c(N2CCOCC2)nc2c1CCN(Cc1ccc(F)c(Br)c1)CC2. The molecule has 0 unspecified atom stereocenters. The first-order chi connectivity index (χ1) is 13.1. The Balaban J connectivity index is 1.49. The Hall–Kier alpha value is -1.77. The molecule has 2 aliphatic heterocycles. The van der Waals surface area contributed by atoms with Gasteiger partial charge in [0.1, 0.15) is 5.82 Å². The smallest absolute Gasteiger partial charge is 0.255 e. The predicted octanol–water partition coefficient (Wildman–Crippen LogP) is 2.11. The van der Waals surface area contributed by atoms with Crippen LogP contribution in [0.4, 0.5) is 10.3 Å². The molecule has 2 aliphatic rings. The molecule has 1 fully saturated rings. The van der Waals surface area contributed by atoms with Gasteiger partial charge in [0.2, 0.25) is 5.95 Å². The number of ether oxygens (including phenoxy) is 1. The molecular formula is C19H22BrFN4O2. The molecule has 0 saturated carbocycles. The number of H-pyrrole nitrogens is 1. The maximum atomic E-state index is 13.4. The van der Waals surface area contributed by atoms with E-state index in [9.17, 15) is 9.18 Å². The lowest BCUT2D eigenvalue weighted by molar-refractivity contribution is 0.122. The number of rotatable bonds is 3. The van der Waals surface area contributed by atoms with Crippen LogP contribution in [-0.4, -0.2) is 54.3 Å². The Bertz CT molecular complexity index is 882. The lowest BCUT2D eigenvalue weighted by Crippen LogP contribution is -2.38. The number of aromatic nitrogens is 2. The number of anilines is 1. The van der Waals surface area contributed by atoms with Crippen LogP contribution in [0, 0.1) is 5.82 Å². The highest BCUT2D eigenvalue weighted by Gasteiger charge is 2.21. The van der Waals surface area contributed by atoms with Crippen LogP contribution in [0.3, 0.4) is 0 Å². The Labute approximate surface area is 165 Å². The van der Waals surface area contributed by atoms with Gasteiger partial charge in [-0.2, -0.15) is 0 Å². The van der Waals surface area contributed by atoms with Crippen LogP contribution in [-0.2, 0) is 24.1 Å². The highest BCUT2D eigenvalue weighted by Crippen LogP contribution is 2.20. The standard InChI is InChI=1S/C19H22BrFN4O2/c20-15-11-13(1-2-16(15)21)12-24-5-3-14-17(4-6-24)22-19(23-18(14)26)25-7-9-27-10-8-25/h1-2,11H,3-10,12H2,(H,22,23,26). The van der Waals surface area contributed by atoms with Crippen molar-refractivity contribution in [3.63, 3.8) is 0 Å². The fourth-order valence-corrected chi connectivity index (χ4v) is 4.05. The molecule has 2 aromatic rings. The van der Waals surface area contributed by atoms with Gasteiger partial charge in [-0.3, -0.25) is 14.7 Å². The van der Waals surface area contributed by atoms with Gasteiger partial charge in [-0.05, 0) is 40.0 Å². The van der Waals surface area contributed by atoms with Crippen LogP contribution < -0.4 is 10.5 Å². The molecule has 4 rings (SSSR count). The van der Waals surface area contributed by atoms with Crippen LogP contribution in [0.2, 0.25) is 0 Å². The Morgan fingerprint density at radius 2 is 1.96 bits per heavy atom. The predicted molar refractivity (Wildman–Crippen MR) is 105 cm³/mol. The number of hydrogen-bond donors (Lipinski definition) is 1. The summed E-state index contributed by atoms with van der Waals surface area (Å²) in [6, 6.07) is 5.10. The third kappa shape index (κ3) is 4.23. The fourth-order valence-electron chi connectivity index (χ4n) is 3.62. The molecule has 1 aromatic carbocycles. The van der Waals surface area contributed by atoms with Crippen molar-refractivity contribution in [2.75, 3.05) is 44.3 Å². The first-order valence-electron chi connectivity index (χ1n) is 9.21. The topological polar surface area (TPSA) is 61.5 Å². The second-order valence-electron chi connectivity index (χ2n) is 6.94. The van der Waals surface area contributed by atoms with Crippen LogP contribution in [0.15, 0.2) is 27.5 Å². The summed E-state index contributed by atoms with van der Waals surface area (Å²) in [7, 11) is 0. The Kier molecular flexibility index (Phi) is 5.56. The van der Waals surface area contributed by atoms with Gasteiger partial charge in [0, 0.05) is 44.7 Å². The number of aromatic amines is 1. The summed E-state index contributed by atoms with van der Waals surface area (Å²) in [6.07, 6.45) is 1.41. The Morgan fingerprint density at radius 3 is 2.74 bits per heavy atom. The molecule has 3 heterocycles. The number of nitrogens with one attached hydrogen (secondary N) is 1. The molecule has 0 radical (unpaired) electrons. The van der Waals surface area contributed by atoms with E-state index >= 15 is 0 Å². The summed E-state index contributed by atoms with van der Waals surface area (Å²) in [5.41, 5.74) is 2.69. The number of hydrogen-bond acceptors (Lipinski definition) is 5. The summed E-state index contributed by atoms with van der Waals surface area (Å²) in [5, 5.41) is 0. The highest BCUT2D eigenvalue weighted by molar-refractivity contribution is 9.10. The summed E-state index contributed by atoms with van der Waals surface area (Å²) in [6.45, 7) is 5.12. The van der Waals surface area contributed by atoms with Crippen LogP contribution in [0.5, 0.6) is 0 Å². The lowest BCUT2D eigenvalue weighted by Gasteiger charge is -2.27. The largest absolute Gasteiger partial charge is 0.378 e. The van der Waals surface area contributed by atoms with Gasteiger partial charge in [-0.25, -0.2) is 9.37 Å². The number of morpholine rings is 1. The maximum Gasteiger partial charge on any atom is 0.255 e. The molecule has 27 heavy (non-hydrogen) atoms.